The van der Waals surface area contributed by atoms with Crippen molar-refractivity contribution in [2.45, 2.75) is 32.6 Å². The Kier molecular flexibility index (Phi) is 4.69. The zero-order valence-electron chi connectivity index (χ0n) is 12.4. The van der Waals surface area contributed by atoms with Gasteiger partial charge in [0.15, 0.2) is 0 Å². The number of nitrogen functional groups attached to an aromatic ring is 1. The number of nitrogens with one attached hydrogen (secondary N) is 1. The largest absolute Gasteiger partial charge is 0.394 e. The molecule has 0 radical (unpaired) electrons. The molecule has 0 bridgehead atoms. The lowest BCUT2D eigenvalue weighted by molar-refractivity contribution is 0.215. The lowest BCUT2D eigenvalue weighted by Gasteiger charge is -2.28. The Balaban J connectivity index is 1.81. The SMILES string of the molecule is CCc1nn(C)c(NCCC2CCN(C)CC2)c1N. The van der Waals surface area contributed by atoms with Crippen LogP contribution in [0.25, 0.3) is 0 Å². The molecule has 0 atom stereocenters. The summed E-state index contributed by atoms with van der Waals surface area (Å²) in [6, 6.07) is 0. The van der Waals surface area contributed by atoms with Crippen LogP contribution in [0.4, 0.5) is 11.5 Å². The van der Waals surface area contributed by atoms with Crippen LogP contribution in [-0.2, 0) is 13.5 Å². The normalized spacial score (nSPS) is 17.8. The quantitative estimate of drug-likeness (QED) is 0.851. The van der Waals surface area contributed by atoms with E-state index in [9.17, 15) is 0 Å². The monoisotopic (exact) mass is 265 g/mol. The van der Waals surface area contributed by atoms with E-state index in [2.05, 4.69) is 29.3 Å². The van der Waals surface area contributed by atoms with Crippen molar-refractivity contribution in [2.24, 2.45) is 13.0 Å². The van der Waals surface area contributed by atoms with Gasteiger partial charge in [-0.3, -0.25) is 4.68 Å². The van der Waals surface area contributed by atoms with Gasteiger partial charge in [0.1, 0.15) is 5.82 Å². The van der Waals surface area contributed by atoms with Gasteiger partial charge in [0.25, 0.3) is 0 Å². The van der Waals surface area contributed by atoms with Crippen molar-refractivity contribution in [1.82, 2.24) is 14.7 Å². The number of hydrogen-bond donors (Lipinski definition) is 2. The molecule has 0 aliphatic carbocycles. The third-order valence-corrected chi connectivity index (χ3v) is 4.18. The van der Waals surface area contributed by atoms with Gasteiger partial charge in [0.05, 0.1) is 11.4 Å². The first-order chi connectivity index (χ1) is 9.11. The van der Waals surface area contributed by atoms with Crippen LogP contribution in [0.2, 0.25) is 0 Å². The average molecular weight is 265 g/mol. The molecule has 5 heteroatoms. The van der Waals surface area contributed by atoms with Crippen molar-refractivity contribution in [3.63, 3.8) is 0 Å². The van der Waals surface area contributed by atoms with Crippen LogP contribution in [0.1, 0.15) is 31.9 Å². The van der Waals surface area contributed by atoms with Gasteiger partial charge >= 0.3 is 0 Å². The summed E-state index contributed by atoms with van der Waals surface area (Å²) >= 11 is 0. The molecule has 3 N–H and O–H groups in total. The van der Waals surface area contributed by atoms with Gasteiger partial charge in [-0.15, -0.1) is 0 Å². The molecule has 1 aliphatic rings. The van der Waals surface area contributed by atoms with Gasteiger partial charge in [0, 0.05) is 13.6 Å². The fourth-order valence-electron chi connectivity index (χ4n) is 2.81. The summed E-state index contributed by atoms with van der Waals surface area (Å²) in [5, 5.41) is 7.88. The number of nitrogens with two attached hydrogens (primary N) is 1. The Morgan fingerprint density at radius 2 is 2.00 bits per heavy atom. The molecule has 0 saturated carbocycles. The standard InChI is InChI=1S/C14H27N5/c1-4-12-13(15)14(19(3)17-12)16-8-5-11-6-9-18(2)10-7-11/h11,16H,4-10,15H2,1-3H3. The van der Waals surface area contributed by atoms with Crippen molar-refractivity contribution in [3.05, 3.63) is 5.69 Å². The van der Waals surface area contributed by atoms with E-state index in [1.165, 1.54) is 32.4 Å². The fraction of sp³-hybridized carbons (Fsp3) is 0.786. The van der Waals surface area contributed by atoms with Crippen LogP contribution in [0, 0.1) is 5.92 Å². The first kappa shape index (κ1) is 14.2. The van der Waals surface area contributed by atoms with E-state index in [0.29, 0.717) is 0 Å². The van der Waals surface area contributed by atoms with E-state index in [1.807, 2.05) is 11.7 Å². The van der Waals surface area contributed by atoms with Crippen molar-refractivity contribution in [2.75, 3.05) is 37.7 Å². The highest BCUT2D eigenvalue weighted by atomic mass is 15.3. The molecule has 1 aliphatic heterocycles. The van der Waals surface area contributed by atoms with Gasteiger partial charge in [-0.1, -0.05) is 6.92 Å². The van der Waals surface area contributed by atoms with Crippen LogP contribution < -0.4 is 11.1 Å². The molecule has 2 heterocycles. The second-order valence-corrected chi connectivity index (χ2v) is 5.65. The second kappa shape index (κ2) is 6.28. The minimum absolute atomic E-state index is 0.813. The van der Waals surface area contributed by atoms with Crippen LogP contribution in [-0.4, -0.2) is 41.4 Å². The molecule has 19 heavy (non-hydrogen) atoms. The molecule has 1 aromatic heterocycles. The van der Waals surface area contributed by atoms with Crippen molar-refractivity contribution < 1.29 is 0 Å². The first-order valence-electron chi connectivity index (χ1n) is 7.35. The number of aromatic nitrogens is 2. The minimum Gasteiger partial charge on any atom is -0.394 e. The predicted octanol–water partition coefficient (Wildman–Crippen LogP) is 1.71. The maximum atomic E-state index is 6.10. The maximum absolute atomic E-state index is 6.10. The number of aryl methyl sites for hydroxylation is 2. The molecule has 2 rings (SSSR count). The van der Waals surface area contributed by atoms with E-state index in [1.54, 1.807) is 0 Å². The predicted molar refractivity (Wildman–Crippen MR) is 80.3 cm³/mol. The molecule has 0 amide bonds. The van der Waals surface area contributed by atoms with Gasteiger partial charge in [0.2, 0.25) is 0 Å². The Morgan fingerprint density at radius 3 is 2.58 bits per heavy atom. The molecule has 1 saturated heterocycles. The van der Waals surface area contributed by atoms with Crippen LogP contribution in [0.15, 0.2) is 0 Å². The number of piperidine rings is 1. The summed E-state index contributed by atoms with van der Waals surface area (Å²) < 4.78 is 1.86. The van der Waals surface area contributed by atoms with Crippen molar-refractivity contribution in [1.29, 1.82) is 0 Å². The summed E-state index contributed by atoms with van der Waals surface area (Å²) in [7, 11) is 4.16. The lowest BCUT2D eigenvalue weighted by atomic mass is 9.94. The van der Waals surface area contributed by atoms with Gasteiger partial charge in [-0.25, -0.2) is 0 Å². The highest BCUT2D eigenvalue weighted by molar-refractivity contribution is 5.64. The summed E-state index contributed by atoms with van der Waals surface area (Å²) in [6.07, 6.45) is 4.74. The Hall–Kier alpha value is -1.23. The molecule has 1 aromatic rings. The maximum Gasteiger partial charge on any atom is 0.147 e. The summed E-state index contributed by atoms with van der Waals surface area (Å²) in [6.45, 7) is 5.54. The molecule has 0 aromatic carbocycles. The highest BCUT2D eigenvalue weighted by Crippen LogP contribution is 2.24. The van der Waals surface area contributed by atoms with Crippen molar-refractivity contribution >= 4 is 11.5 Å². The topological polar surface area (TPSA) is 59.1 Å². The zero-order valence-corrected chi connectivity index (χ0v) is 12.4. The Bertz CT molecular complexity index is 404. The highest BCUT2D eigenvalue weighted by Gasteiger charge is 2.17. The van der Waals surface area contributed by atoms with Gasteiger partial charge in [-0.05, 0) is 51.7 Å². The summed E-state index contributed by atoms with van der Waals surface area (Å²) in [5.41, 5.74) is 7.90. The Labute approximate surface area is 116 Å². The Morgan fingerprint density at radius 1 is 1.32 bits per heavy atom. The van der Waals surface area contributed by atoms with Gasteiger partial charge in [-0.2, -0.15) is 5.10 Å². The number of rotatable bonds is 5. The number of likely N-dealkylation sites (tertiary alicyclic amines) is 1. The van der Waals surface area contributed by atoms with E-state index in [-0.39, 0.29) is 0 Å². The summed E-state index contributed by atoms with van der Waals surface area (Å²) in [5.74, 6) is 1.83. The molecule has 5 nitrogen and oxygen atoms in total. The summed E-state index contributed by atoms with van der Waals surface area (Å²) in [4.78, 5) is 2.41. The lowest BCUT2D eigenvalue weighted by Crippen LogP contribution is -2.31. The van der Waals surface area contributed by atoms with Gasteiger partial charge < -0.3 is 16.0 Å². The van der Waals surface area contributed by atoms with E-state index in [0.717, 1.165) is 36.1 Å². The first-order valence-corrected chi connectivity index (χ1v) is 7.35. The number of anilines is 2. The number of hydrogen-bond acceptors (Lipinski definition) is 4. The van der Waals surface area contributed by atoms with Crippen LogP contribution in [0.5, 0.6) is 0 Å². The number of nitrogens with zero attached hydrogens (tertiary/aromatic N) is 3. The average Bonchev–Trinajstić information content (AvgIpc) is 2.68. The van der Waals surface area contributed by atoms with E-state index < -0.39 is 0 Å². The fourth-order valence-corrected chi connectivity index (χ4v) is 2.81. The molecular formula is C14H27N5. The van der Waals surface area contributed by atoms with Crippen LogP contribution in [0.3, 0.4) is 0 Å². The molecule has 1 fully saturated rings. The third-order valence-electron chi connectivity index (χ3n) is 4.18. The zero-order chi connectivity index (χ0) is 13.8. The smallest absolute Gasteiger partial charge is 0.147 e. The molecule has 0 spiro atoms. The molecule has 0 unspecified atom stereocenters. The van der Waals surface area contributed by atoms with Crippen molar-refractivity contribution in [3.8, 4) is 0 Å². The minimum atomic E-state index is 0.813. The molecular weight excluding hydrogens is 238 g/mol. The molecule has 108 valence electrons. The van der Waals surface area contributed by atoms with Crippen LogP contribution >= 0.6 is 0 Å². The second-order valence-electron chi connectivity index (χ2n) is 5.65. The van der Waals surface area contributed by atoms with E-state index >= 15 is 0 Å². The third kappa shape index (κ3) is 3.41. The van der Waals surface area contributed by atoms with E-state index in [4.69, 9.17) is 5.73 Å².